The van der Waals surface area contributed by atoms with Crippen molar-refractivity contribution in [1.29, 1.82) is 0 Å². The third-order valence-electron chi connectivity index (χ3n) is 4.33. The monoisotopic (exact) mass is 340 g/mol. The summed E-state index contributed by atoms with van der Waals surface area (Å²) in [6.07, 6.45) is 20.6. The maximum absolute atomic E-state index is 10.7. The summed E-state index contributed by atoms with van der Waals surface area (Å²) in [5.41, 5.74) is 0. The molecule has 4 nitrogen and oxygen atoms in total. The van der Waals surface area contributed by atoms with Crippen LogP contribution in [0.25, 0.3) is 0 Å². The number of aliphatic carboxylic acids is 2. The van der Waals surface area contributed by atoms with Gasteiger partial charge in [0.2, 0.25) is 0 Å². The highest BCUT2D eigenvalue weighted by atomic mass is 16.4. The first kappa shape index (κ1) is 22.7. The summed E-state index contributed by atoms with van der Waals surface area (Å²) in [4.78, 5) is 21.4. The Morgan fingerprint density at radius 1 is 0.708 bits per heavy atom. The molecule has 0 aliphatic carbocycles. The van der Waals surface area contributed by atoms with E-state index in [1.54, 1.807) is 6.08 Å². The van der Waals surface area contributed by atoms with Crippen molar-refractivity contribution in [3.05, 3.63) is 12.2 Å². The molecule has 0 bridgehead atoms. The third-order valence-corrected chi connectivity index (χ3v) is 4.33. The molecule has 0 amide bonds. The Morgan fingerprint density at radius 3 is 1.46 bits per heavy atom. The van der Waals surface area contributed by atoms with Gasteiger partial charge in [0.1, 0.15) is 0 Å². The van der Waals surface area contributed by atoms with E-state index in [-0.39, 0.29) is 0 Å². The number of allylic oxidation sites excluding steroid dienone is 1. The van der Waals surface area contributed by atoms with Crippen LogP contribution < -0.4 is 0 Å². The molecule has 0 aliphatic rings. The van der Waals surface area contributed by atoms with Gasteiger partial charge in [-0.05, 0) is 12.8 Å². The summed E-state index contributed by atoms with van der Waals surface area (Å²) in [5.74, 6) is -4.01. The fourth-order valence-corrected chi connectivity index (χ4v) is 2.78. The molecule has 0 heterocycles. The number of carboxylic acids is 2. The van der Waals surface area contributed by atoms with Crippen LogP contribution in [0.2, 0.25) is 0 Å². The molecule has 0 rings (SSSR count). The van der Waals surface area contributed by atoms with Gasteiger partial charge in [-0.2, -0.15) is 0 Å². The second kappa shape index (κ2) is 16.5. The molecular formula is C20H36O4. The molecule has 2 N–H and O–H groups in total. The van der Waals surface area contributed by atoms with E-state index >= 15 is 0 Å². The first-order valence-corrected chi connectivity index (χ1v) is 9.71. The smallest absolute Gasteiger partial charge is 0.321 e. The Hall–Kier alpha value is -1.32. The van der Waals surface area contributed by atoms with Crippen molar-refractivity contribution in [2.75, 3.05) is 0 Å². The first-order chi connectivity index (χ1) is 11.6. The maximum Gasteiger partial charge on any atom is 0.321 e. The molecule has 0 aliphatic heterocycles. The van der Waals surface area contributed by atoms with E-state index in [0.717, 1.165) is 19.3 Å². The van der Waals surface area contributed by atoms with Gasteiger partial charge < -0.3 is 10.2 Å². The predicted octanol–water partition coefficient (Wildman–Crippen LogP) is 5.81. The highest BCUT2D eigenvalue weighted by molar-refractivity contribution is 5.94. The summed E-state index contributed by atoms with van der Waals surface area (Å²) >= 11 is 0. The minimum Gasteiger partial charge on any atom is -0.480 e. The molecule has 24 heavy (non-hydrogen) atoms. The molecule has 0 saturated carbocycles. The van der Waals surface area contributed by atoms with Crippen LogP contribution >= 0.6 is 0 Å². The zero-order valence-corrected chi connectivity index (χ0v) is 15.3. The van der Waals surface area contributed by atoms with Crippen molar-refractivity contribution in [3.8, 4) is 0 Å². The lowest BCUT2D eigenvalue weighted by Gasteiger charge is -2.03. The molecule has 0 aromatic carbocycles. The zero-order chi connectivity index (χ0) is 18.0. The lowest BCUT2D eigenvalue weighted by atomic mass is 10.0. The Balaban J connectivity index is 3.33. The zero-order valence-electron chi connectivity index (χ0n) is 15.3. The summed E-state index contributed by atoms with van der Waals surface area (Å²) in [5, 5.41) is 17.5. The van der Waals surface area contributed by atoms with Crippen LogP contribution in [-0.2, 0) is 9.59 Å². The Bertz CT molecular complexity index is 336. The van der Waals surface area contributed by atoms with E-state index in [2.05, 4.69) is 6.92 Å². The fourth-order valence-electron chi connectivity index (χ4n) is 2.78. The first-order valence-electron chi connectivity index (χ1n) is 9.71. The quantitative estimate of drug-likeness (QED) is 0.199. The fraction of sp³-hybridized carbons (Fsp3) is 0.800. The maximum atomic E-state index is 10.7. The number of carbonyl (C=O) groups is 2. The predicted molar refractivity (Wildman–Crippen MR) is 98.2 cm³/mol. The lowest BCUT2D eigenvalue weighted by Crippen LogP contribution is -2.20. The number of unbranched alkanes of at least 4 members (excludes halogenated alkanes) is 13. The molecule has 0 fully saturated rings. The minimum absolute atomic E-state index is 0.759. The largest absolute Gasteiger partial charge is 0.480 e. The van der Waals surface area contributed by atoms with E-state index in [0.29, 0.717) is 0 Å². The van der Waals surface area contributed by atoms with Crippen LogP contribution in [0.1, 0.15) is 96.8 Å². The Kier molecular flexibility index (Phi) is 15.6. The van der Waals surface area contributed by atoms with Crippen molar-refractivity contribution in [1.82, 2.24) is 0 Å². The SMILES string of the molecule is CCCCCCCCCCCCCCCC=CC(C(=O)O)C(=O)O. The van der Waals surface area contributed by atoms with Gasteiger partial charge in [-0.25, -0.2) is 0 Å². The van der Waals surface area contributed by atoms with Crippen LogP contribution in [-0.4, -0.2) is 22.2 Å². The number of carboxylic acid groups (broad SMARTS) is 2. The lowest BCUT2D eigenvalue weighted by molar-refractivity contribution is -0.151. The second-order valence-electron chi connectivity index (χ2n) is 6.61. The Labute approximate surface area is 147 Å². The van der Waals surface area contributed by atoms with Crippen LogP contribution in [0.4, 0.5) is 0 Å². The van der Waals surface area contributed by atoms with Gasteiger partial charge in [-0.15, -0.1) is 0 Å². The topological polar surface area (TPSA) is 74.6 Å². The van der Waals surface area contributed by atoms with E-state index in [1.165, 1.54) is 76.7 Å². The van der Waals surface area contributed by atoms with E-state index in [9.17, 15) is 9.59 Å². The molecule has 0 atom stereocenters. The molecule has 140 valence electrons. The van der Waals surface area contributed by atoms with Crippen LogP contribution in [0.5, 0.6) is 0 Å². The van der Waals surface area contributed by atoms with Gasteiger partial charge in [-0.1, -0.05) is 96.1 Å². The van der Waals surface area contributed by atoms with Crippen LogP contribution in [0.15, 0.2) is 12.2 Å². The molecule has 0 spiro atoms. The van der Waals surface area contributed by atoms with Gasteiger partial charge in [0.25, 0.3) is 0 Å². The average molecular weight is 341 g/mol. The van der Waals surface area contributed by atoms with Gasteiger partial charge in [-0.3, -0.25) is 9.59 Å². The molecule has 0 aromatic rings. The van der Waals surface area contributed by atoms with Crippen molar-refractivity contribution in [2.45, 2.75) is 96.8 Å². The summed E-state index contributed by atoms with van der Waals surface area (Å²) < 4.78 is 0. The summed E-state index contributed by atoms with van der Waals surface area (Å²) in [7, 11) is 0. The van der Waals surface area contributed by atoms with Crippen molar-refractivity contribution >= 4 is 11.9 Å². The number of rotatable bonds is 17. The second-order valence-corrected chi connectivity index (χ2v) is 6.61. The summed E-state index contributed by atoms with van der Waals surface area (Å²) in [6, 6.07) is 0. The van der Waals surface area contributed by atoms with Gasteiger partial charge in [0, 0.05) is 0 Å². The van der Waals surface area contributed by atoms with E-state index in [1.807, 2.05) is 0 Å². The van der Waals surface area contributed by atoms with E-state index < -0.39 is 17.9 Å². The minimum atomic E-state index is -1.41. The molecular weight excluding hydrogens is 304 g/mol. The summed E-state index contributed by atoms with van der Waals surface area (Å²) in [6.45, 7) is 2.25. The standard InChI is InChI=1S/C20H36O4/c1-2-3-4-5-6-7-8-9-10-11-12-13-14-15-16-17-18(19(21)22)20(23)24/h16-18H,2-15H2,1H3,(H,21,22)(H,23,24). The van der Waals surface area contributed by atoms with Crippen LogP contribution in [0, 0.1) is 5.92 Å². The van der Waals surface area contributed by atoms with Crippen molar-refractivity contribution in [3.63, 3.8) is 0 Å². The van der Waals surface area contributed by atoms with E-state index in [4.69, 9.17) is 10.2 Å². The van der Waals surface area contributed by atoms with Crippen LogP contribution in [0.3, 0.4) is 0 Å². The molecule has 4 heteroatoms. The van der Waals surface area contributed by atoms with Crippen molar-refractivity contribution in [2.24, 2.45) is 5.92 Å². The van der Waals surface area contributed by atoms with Gasteiger partial charge in [0.15, 0.2) is 5.92 Å². The third kappa shape index (κ3) is 14.3. The average Bonchev–Trinajstić information content (AvgIpc) is 2.53. The number of hydrogen-bond acceptors (Lipinski definition) is 2. The van der Waals surface area contributed by atoms with Gasteiger partial charge in [0.05, 0.1) is 0 Å². The molecule has 0 aromatic heterocycles. The molecule has 0 unspecified atom stereocenters. The Morgan fingerprint density at radius 2 is 1.08 bits per heavy atom. The van der Waals surface area contributed by atoms with Gasteiger partial charge >= 0.3 is 11.9 Å². The number of hydrogen-bond donors (Lipinski definition) is 2. The highest BCUT2D eigenvalue weighted by Crippen LogP contribution is 2.13. The molecule has 0 radical (unpaired) electrons. The normalized spacial score (nSPS) is 11.4. The highest BCUT2D eigenvalue weighted by Gasteiger charge is 2.21. The molecule has 0 saturated heterocycles. The van der Waals surface area contributed by atoms with Crippen molar-refractivity contribution < 1.29 is 19.8 Å².